The van der Waals surface area contributed by atoms with Gasteiger partial charge in [-0.05, 0) is 49.2 Å². The van der Waals surface area contributed by atoms with Gasteiger partial charge in [-0.2, -0.15) is 0 Å². The lowest BCUT2D eigenvalue weighted by atomic mass is 9.36. The fourth-order valence-corrected chi connectivity index (χ4v) is 8.58. The van der Waals surface area contributed by atoms with E-state index in [-0.39, 0.29) is 28.8 Å². The highest BCUT2D eigenvalue weighted by atomic mass is 16.7. The van der Waals surface area contributed by atoms with Crippen molar-refractivity contribution in [1.29, 1.82) is 0 Å². The Kier molecular flexibility index (Phi) is 3.60. The van der Waals surface area contributed by atoms with E-state index in [1.54, 1.807) is 18.6 Å². The van der Waals surface area contributed by atoms with E-state index >= 15 is 0 Å². The van der Waals surface area contributed by atoms with Gasteiger partial charge in [0.2, 0.25) is 0 Å². The quantitative estimate of drug-likeness (QED) is 0.483. The predicted octanol–water partition coefficient (Wildman–Crippen LogP) is 4.20. The molecule has 32 heavy (non-hydrogen) atoms. The van der Waals surface area contributed by atoms with Crippen molar-refractivity contribution < 1.29 is 28.3 Å². The lowest BCUT2D eigenvalue weighted by molar-refractivity contribution is -0.213. The molecule has 2 saturated carbocycles. The molecule has 170 valence electrons. The zero-order chi connectivity index (χ0) is 22.9. The van der Waals surface area contributed by atoms with Gasteiger partial charge in [0.05, 0.1) is 17.9 Å². The van der Waals surface area contributed by atoms with Gasteiger partial charge < -0.3 is 13.9 Å². The molecule has 1 aromatic rings. The Morgan fingerprint density at radius 1 is 1.00 bits per heavy atom. The second-order valence-electron chi connectivity index (χ2n) is 11.8. The second-order valence-corrected chi connectivity index (χ2v) is 11.8. The fraction of sp³-hybridized carbons (Fsp3) is 0.654. The molecule has 6 nitrogen and oxygen atoms in total. The summed E-state index contributed by atoms with van der Waals surface area (Å²) in [6.07, 6.45) is 7.23. The van der Waals surface area contributed by atoms with E-state index in [2.05, 4.69) is 20.8 Å². The molecule has 0 aromatic carbocycles. The number of ketones is 2. The number of carbonyl (C=O) groups excluding carboxylic acids is 3. The molecule has 2 aliphatic heterocycles. The first-order valence-electron chi connectivity index (χ1n) is 11.6. The zero-order valence-corrected chi connectivity index (χ0v) is 19.3. The lowest BCUT2D eigenvalue weighted by Gasteiger charge is -2.65. The molecule has 1 aromatic heterocycles. The van der Waals surface area contributed by atoms with Crippen LogP contribution in [-0.4, -0.2) is 29.2 Å². The summed E-state index contributed by atoms with van der Waals surface area (Å²) < 4.78 is 17.5. The average Bonchev–Trinajstić information content (AvgIpc) is 3.30. The number of hydrogen-bond donors (Lipinski definition) is 0. The molecule has 8 unspecified atom stereocenters. The highest BCUT2D eigenvalue weighted by Crippen LogP contribution is 2.78. The zero-order valence-electron chi connectivity index (χ0n) is 19.3. The maximum absolute atomic E-state index is 14.1. The standard InChI is InChI=1S/C26H30O6/c1-22(2)9-7-17(27)24(4)15-6-10-23(3)19(14-8-11-30-13-14)31-21(29)20-26(23,32-20)25(15,5)18(28)12-16(22)24/h7-9,11,13,15-16,19-20H,6,10,12H2,1-5H3. The van der Waals surface area contributed by atoms with Crippen molar-refractivity contribution in [3.8, 4) is 0 Å². The molecule has 6 heteroatoms. The van der Waals surface area contributed by atoms with Gasteiger partial charge in [0.25, 0.3) is 0 Å². The minimum Gasteiger partial charge on any atom is -0.472 e. The molecule has 1 spiro atoms. The third-order valence-electron chi connectivity index (χ3n) is 10.3. The van der Waals surface area contributed by atoms with Crippen LogP contribution in [0.15, 0.2) is 35.2 Å². The monoisotopic (exact) mass is 438 g/mol. The summed E-state index contributed by atoms with van der Waals surface area (Å²) >= 11 is 0. The summed E-state index contributed by atoms with van der Waals surface area (Å²) in [5, 5.41) is 0. The number of allylic oxidation sites excluding steroid dienone is 2. The van der Waals surface area contributed by atoms with E-state index < -0.39 is 40.0 Å². The Balaban J connectivity index is 1.54. The van der Waals surface area contributed by atoms with E-state index in [1.165, 1.54) is 0 Å². The molecular weight excluding hydrogens is 408 g/mol. The van der Waals surface area contributed by atoms with E-state index in [9.17, 15) is 14.4 Å². The van der Waals surface area contributed by atoms with E-state index in [4.69, 9.17) is 13.9 Å². The fourth-order valence-electron chi connectivity index (χ4n) is 8.58. The summed E-state index contributed by atoms with van der Waals surface area (Å²) in [7, 11) is 0. The first kappa shape index (κ1) is 20.4. The number of furan rings is 1. The van der Waals surface area contributed by atoms with Crippen molar-refractivity contribution in [3.05, 3.63) is 36.3 Å². The van der Waals surface area contributed by atoms with Crippen LogP contribution >= 0.6 is 0 Å². The molecule has 6 rings (SSSR count). The Bertz CT molecular complexity index is 1080. The highest BCUT2D eigenvalue weighted by Gasteiger charge is 2.88. The van der Waals surface area contributed by atoms with Gasteiger partial charge in [-0.25, -0.2) is 4.79 Å². The van der Waals surface area contributed by atoms with Crippen LogP contribution in [0.1, 0.15) is 65.5 Å². The van der Waals surface area contributed by atoms with Crippen LogP contribution in [0.2, 0.25) is 0 Å². The van der Waals surface area contributed by atoms with Gasteiger partial charge in [-0.3, -0.25) is 9.59 Å². The van der Waals surface area contributed by atoms with E-state index in [0.717, 1.165) is 5.56 Å². The molecule has 4 fully saturated rings. The number of Topliss-reactive ketones (excluding diaryl/α,β-unsaturated/α-hetero) is 1. The Morgan fingerprint density at radius 2 is 1.75 bits per heavy atom. The van der Waals surface area contributed by atoms with Crippen LogP contribution in [0.5, 0.6) is 0 Å². The Labute approximate surface area is 187 Å². The topological polar surface area (TPSA) is 86.1 Å². The maximum atomic E-state index is 14.1. The van der Waals surface area contributed by atoms with Crippen molar-refractivity contribution in [1.82, 2.24) is 0 Å². The third-order valence-corrected chi connectivity index (χ3v) is 10.3. The first-order chi connectivity index (χ1) is 14.9. The minimum absolute atomic E-state index is 0.0729. The van der Waals surface area contributed by atoms with Crippen molar-refractivity contribution in [2.24, 2.45) is 33.5 Å². The van der Waals surface area contributed by atoms with E-state index in [0.29, 0.717) is 19.3 Å². The molecular formula is C26H30O6. The van der Waals surface area contributed by atoms with Crippen molar-refractivity contribution >= 4 is 17.5 Å². The molecule has 8 atom stereocenters. The number of carbonyl (C=O) groups is 3. The maximum Gasteiger partial charge on any atom is 0.339 e. The summed E-state index contributed by atoms with van der Waals surface area (Å²) in [6, 6.07) is 1.81. The van der Waals surface area contributed by atoms with Gasteiger partial charge >= 0.3 is 5.97 Å². The molecule has 0 radical (unpaired) electrons. The van der Waals surface area contributed by atoms with Crippen molar-refractivity contribution in [3.63, 3.8) is 0 Å². The number of ether oxygens (including phenoxy) is 2. The van der Waals surface area contributed by atoms with E-state index in [1.807, 2.05) is 26.0 Å². The summed E-state index contributed by atoms with van der Waals surface area (Å²) in [5.74, 6) is -0.503. The lowest BCUT2D eigenvalue weighted by Crippen LogP contribution is -2.72. The molecule has 3 aliphatic carbocycles. The molecule has 0 bridgehead atoms. The number of cyclic esters (lactones) is 1. The minimum atomic E-state index is -0.975. The third kappa shape index (κ3) is 1.92. The summed E-state index contributed by atoms with van der Waals surface area (Å²) in [5.41, 5.74) is -2.68. The molecule has 3 heterocycles. The molecule has 0 amide bonds. The van der Waals surface area contributed by atoms with Gasteiger partial charge in [-0.1, -0.05) is 33.8 Å². The number of epoxide rings is 1. The van der Waals surface area contributed by atoms with Crippen LogP contribution in [0.25, 0.3) is 0 Å². The molecule has 0 N–H and O–H groups in total. The number of esters is 1. The van der Waals surface area contributed by atoms with Crippen LogP contribution in [-0.2, 0) is 23.9 Å². The van der Waals surface area contributed by atoms with Crippen LogP contribution < -0.4 is 0 Å². The van der Waals surface area contributed by atoms with Crippen LogP contribution in [0, 0.1) is 33.5 Å². The summed E-state index contributed by atoms with van der Waals surface area (Å²) in [4.78, 5) is 40.6. The average molecular weight is 439 g/mol. The van der Waals surface area contributed by atoms with Crippen molar-refractivity contribution in [2.75, 3.05) is 0 Å². The van der Waals surface area contributed by atoms with Crippen LogP contribution in [0.4, 0.5) is 0 Å². The smallest absolute Gasteiger partial charge is 0.339 e. The normalized spacial score (nSPS) is 50.6. The molecule has 2 saturated heterocycles. The second kappa shape index (κ2) is 5.64. The number of fused-ring (bicyclic) bond motifs is 3. The van der Waals surface area contributed by atoms with Crippen LogP contribution in [0.3, 0.4) is 0 Å². The van der Waals surface area contributed by atoms with Gasteiger partial charge in [0.1, 0.15) is 17.5 Å². The largest absolute Gasteiger partial charge is 0.472 e. The Morgan fingerprint density at radius 3 is 2.44 bits per heavy atom. The van der Waals surface area contributed by atoms with Gasteiger partial charge in [0.15, 0.2) is 11.9 Å². The predicted molar refractivity (Wildman–Crippen MR) is 113 cm³/mol. The SMILES string of the molecule is CC1(C)C=CC(=O)C2(C)C1CC(=O)C1(C)C2CCC2(C)C(c3ccoc3)OC(=O)C3OC321. The summed E-state index contributed by atoms with van der Waals surface area (Å²) in [6.45, 7) is 10.3. The highest BCUT2D eigenvalue weighted by molar-refractivity contribution is 6.01. The molecule has 5 aliphatic rings. The van der Waals surface area contributed by atoms with Crippen molar-refractivity contribution in [2.45, 2.75) is 71.7 Å². The number of hydrogen-bond acceptors (Lipinski definition) is 6. The Hall–Kier alpha value is -2.21. The first-order valence-corrected chi connectivity index (χ1v) is 11.6. The van der Waals surface area contributed by atoms with Gasteiger partial charge in [0, 0.05) is 22.8 Å². The van der Waals surface area contributed by atoms with Gasteiger partial charge in [-0.15, -0.1) is 0 Å². The number of rotatable bonds is 1.